The molecule has 14 heteroatoms. The molecule has 0 saturated carbocycles. The molecule has 254 valence electrons. The van der Waals surface area contributed by atoms with E-state index in [1.54, 1.807) is 16.9 Å². The molecule has 1 N–H and O–H groups in total. The van der Waals surface area contributed by atoms with Crippen molar-refractivity contribution in [3.8, 4) is 22.7 Å². The highest BCUT2D eigenvalue weighted by molar-refractivity contribution is 5.93. The molecule has 1 amide bonds. The summed E-state index contributed by atoms with van der Waals surface area (Å²) in [5, 5.41) is 8.96. The minimum Gasteiger partial charge on any atom is -0.491 e. The van der Waals surface area contributed by atoms with E-state index in [2.05, 4.69) is 35.9 Å². The first-order chi connectivity index (χ1) is 24.5. The number of para-hydroxylation sites is 1. The standard InChI is InChI=1S/C36H35FN10O3/c1-44-11-4-12-45-21-40-28-7-2-5-25(33(28)45)27-6-3-8-32(43-27)42-24-14-30(36(44)48)46(16-24)34-26-15-41-47(35(26)39-20-38-34)29-10-9-23(37)13-31(29)50-19-22-17-49-18-22/h2-3,5-10,13,15,20-22,24,30H,4,11-12,14,16-19H2,1H3,(H,42,43)/t24-,30-/m0/s1. The van der Waals surface area contributed by atoms with Gasteiger partial charge in [-0.15, -0.1) is 0 Å². The summed E-state index contributed by atoms with van der Waals surface area (Å²) in [7, 11) is 1.86. The van der Waals surface area contributed by atoms with Crippen molar-refractivity contribution in [2.75, 3.05) is 50.2 Å². The number of hydrogen-bond acceptors (Lipinski definition) is 10. The van der Waals surface area contributed by atoms with E-state index in [9.17, 15) is 9.18 Å². The van der Waals surface area contributed by atoms with E-state index in [4.69, 9.17) is 19.4 Å². The Labute approximate surface area is 286 Å². The summed E-state index contributed by atoms with van der Waals surface area (Å²) >= 11 is 0. The van der Waals surface area contributed by atoms with E-state index in [1.165, 1.54) is 18.5 Å². The Morgan fingerprint density at radius 3 is 2.84 bits per heavy atom. The number of likely N-dealkylation sites (N-methyl/N-ethyl adjacent to an activating group) is 1. The van der Waals surface area contributed by atoms with Crippen LogP contribution in [0.3, 0.4) is 0 Å². The van der Waals surface area contributed by atoms with E-state index in [0.29, 0.717) is 74.2 Å². The van der Waals surface area contributed by atoms with Gasteiger partial charge in [-0.1, -0.05) is 18.2 Å². The van der Waals surface area contributed by atoms with Gasteiger partial charge in [0.05, 0.1) is 54.5 Å². The van der Waals surface area contributed by atoms with Gasteiger partial charge in [0.2, 0.25) is 5.91 Å². The monoisotopic (exact) mass is 674 g/mol. The fourth-order valence-electron chi connectivity index (χ4n) is 7.23. The number of pyridine rings is 1. The molecule has 3 aliphatic rings. The number of anilines is 2. The number of imidazole rings is 1. The van der Waals surface area contributed by atoms with Crippen LogP contribution in [-0.4, -0.2) is 97.1 Å². The lowest BCUT2D eigenvalue weighted by molar-refractivity contribution is -0.131. The summed E-state index contributed by atoms with van der Waals surface area (Å²) in [4.78, 5) is 37.1. The molecule has 4 aromatic heterocycles. The predicted octanol–water partition coefficient (Wildman–Crippen LogP) is 4.31. The second-order valence-corrected chi connectivity index (χ2v) is 13.2. The highest BCUT2D eigenvalue weighted by Crippen LogP contribution is 2.35. The number of nitrogens with zero attached hydrogens (tertiary/aromatic N) is 9. The van der Waals surface area contributed by atoms with Crippen molar-refractivity contribution < 1.29 is 18.7 Å². The highest BCUT2D eigenvalue weighted by Gasteiger charge is 2.40. The summed E-state index contributed by atoms with van der Waals surface area (Å²) in [6.45, 7) is 3.44. The minimum atomic E-state index is -0.487. The number of hydrogen-bond donors (Lipinski definition) is 1. The summed E-state index contributed by atoms with van der Waals surface area (Å²) in [6.07, 6.45) is 6.35. The second kappa shape index (κ2) is 12.4. The number of rotatable bonds is 5. The zero-order valence-electron chi connectivity index (χ0n) is 27.4. The molecule has 2 fully saturated rings. The fraction of sp³-hybridized carbons (Fsp3) is 0.333. The van der Waals surface area contributed by atoms with Gasteiger partial charge >= 0.3 is 0 Å². The molecule has 0 unspecified atom stereocenters. The topological polar surface area (TPSA) is 128 Å². The smallest absolute Gasteiger partial charge is 0.245 e. The third-order valence-corrected chi connectivity index (χ3v) is 9.82. The molecule has 6 aromatic rings. The fourth-order valence-corrected chi connectivity index (χ4v) is 7.23. The third kappa shape index (κ3) is 5.35. The Balaban J connectivity index is 1.07. The molecule has 7 heterocycles. The summed E-state index contributed by atoms with van der Waals surface area (Å²) in [5.74, 6) is 1.56. The number of benzene rings is 2. The maximum absolute atomic E-state index is 14.4. The Hall–Kier alpha value is -5.63. The van der Waals surface area contributed by atoms with Gasteiger partial charge in [0.1, 0.15) is 41.3 Å². The van der Waals surface area contributed by atoms with Gasteiger partial charge in [-0.25, -0.2) is 29.0 Å². The quantitative estimate of drug-likeness (QED) is 0.283. The van der Waals surface area contributed by atoms with Crippen LogP contribution in [0.5, 0.6) is 5.75 Å². The van der Waals surface area contributed by atoms with Gasteiger partial charge in [-0.05, 0) is 43.2 Å². The van der Waals surface area contributed by atoms with Gasteiger partial charge in [0, 0.05) is 50.3 Å². The molecule has 0 aliphatic carbocycles. The second-order valence-electron chi connectivity index (χ2n) is 13.2. The Bertz CT molecular complexity index is 2230. The maximum atomic E-state index is 14.4. The van der Waals surface area contributed by atoms with Crippen LogP contribution in [-0.2, 0) is 16.1 Å². The van der Waals surface area contributed by atoms with Crippen molar-refractivity contribution >= 4 is 39.6 Å². The van der Waals surface area contributed by atoms with Crippen molar-refractivity contribution in [3.05, 3.63) is 79.3 Å². The number of carbonyl (C=O) groups is 1. The Morgan fingerprint density at radius 1 is 1.06 bits per heavy atom. The van der Waals surface area contributed by atoms with Crippen LogP contribution >= 0.6 is 0 Å². The highest BCUT2D eigenvalue weighted by atomic mass is 19.1. The van der Waals surface area contributed by atoms with Gasteiger partial charge in [-0.3, -0.25) is 4.79 Å². The minimum absolute atomic E-state index is 0.00964. The first-order valence-electron chi connectivity index (χ1n) is 16.9. The molecule has 13 nitrogen and oxygen atoms in total. The van der Waals surface area contributed by atoms with Gasteiger partial charge in [-0.2, -0.15) is 5.10 Å². The zero-order valence-corrected chi connectivity index (χ0v) is 27.4. The first kappa shape index (κ1) is 30.4. The third-order valence-electron chi connectivity index (χ3n) is 9.82. The molecule has 0 spiro atoms. The first-order valence-corrected chi connectivity index (χ1v) is 16.9. The normalized spacial score (nSPS) is 19.7. The molecule has 9 rings (SSSR count). The van der Waals surface area contributed by atoms with Gasteiger partial charge in [0.15, 0.2) is 5.65 Å². The number of ether oxygens (including phenoxy) is 2. The van der Waals surface area contributed by atoms with Gasteiger partial charge in [0.25, 0.3) is 0 Å². The number of aryl methyl sites for hydroxylation is 1. The molecule has 2 aromatic carbocycles. The molecule has 50 heavy (non-hydrogen) atoms. The van der Waals surface area contributed by atoms with E-state index in [0.717, 1.165) is 34.5 Å². The molecule has 4 bridgehead atoms. The molecule has 3 aliphatic heterocycles. The van der Waals surface area contributed by atoms with Crippen LogP contribution < -0.4 is 15.0 Å². The number of carbonyl (C=O) groups excluding carboxylic acids is 1. The number of halogens is 1. The van der Waals surface area contributed by atoms with E-state index in [-0.39, 0.29) is 17.9 Å². The van der Waals surface area contributed by atoms with Crippen LogP contribution in [0.1, 0.15) is 12.8 Å². The van der Waals surface area contributed by atoms with Crippen molar-refractivity contribution in [3.63, 3.8) is 0 Å². The molecule has 0 radical (unpaired) electrons. The lowest BCUT2D eigenvalue weighted by atomic mass is 10.1. The molecule has 2 saturated heterocycles. The molecular weight excluding hydrogens is 639 g/mol. The predicted molar refractivity (Wildman–Crippen MR) is 185 cm³/mol. The Morgan fingerprint density at radius 2 is 1.96 bits per heavy atom. The Kier molecular flexibility index (Phi) is 7.52. The number of amides is 1. The number of aromatic nitrogens is 7. The van der Waals surface area contributed by atoms with E-state index >= 15 is 0 Å². The average molecular weight is 675 g/mol. The lowest BCUT2D eigenvalue weighted by Gasteiger charge is -2.29. The summed E-state index contributed by atoms with van der Waals surface area (Å²) in [5.41, 5.74) is 4.90. The SMILES string of the molecule is CN1CCCn2cnc3cccc(c32)-c2cccc(n2)N[C@H]2C[C@@H](C1=O)N(c1ncnc3c1cnn3-c1ccc(F)cc1OCC1COC1)C2. The van der Waals surface area contributed by atoms with Crippen LogP contribution in [0.4, 0.5) is 16.0 Å². The van der Waals surface area contributed by atoms with Crippen LogP contribution in [0, 0.1) is 11.7 Å². The summed E-state index contributed by atoms with van der Waals surface area (Å²) < 4.78 is 29.5. The largest absolute Gasteiger partial charge is 0.491 e. The van der Waals surface area contributed by atoms with Crippen LogP contribution in [0.25, 0.3) is 39.0 Å². The molecule has 2 atom stereocenters. The van der Waals surface area contributed by atoms with E-state index < -0.39 is 11.9 Å². The number of fused-ring (bicyclic) bond motifs is 6. The van der Waals surface area contributed by atoms with Crippen molar-refractivity contribution in [2.24, 2.45) is 5.92 Å². The lowest BCUT2D eigenvalue weighted by Crippen LogP contribution is -2.45. The van der Waals surface area contributed by atoms with Crippen LogP contribution in [0.15, 0.2) is 73.4 Å². The van der Waals surface area contributed by atoms with E-state index in [1.807, 2.05) is 48.6 Å². The van der Waals surface area contributed by atoms with Gasteiger partial charge < -0.3 is 29.2 Å². The number of nitrogens with one attached hydrogen (secondary N) is 1. The van der Waals surface area contributed by atoms with Crippen molar-refractivity contribution in [2.45, 2.75) is 31.5 Å². The molecular formula is C36H35FN10O3. The van der Waals surface area contributed by atoms with Crippen molar-refractivity contribution in [1.82, 2.24) is 39.2 Å². The van der Waals surface area contributed by atoms with Crippen LogP contribution in [0.2, 0.25) is 0 Å². The summed E-state index contributed by atoms with van der Waals surface area (Å²) in [6, 6.07) is 15.9. The van der Waals surface area contributed by atoms with Crippen molar-refractivity contribution in [1.29, 1.82) is 0 Å². The maximum Gasteiger partial charge on any atom is 0.245 e. The zero-order chi connectivity index (χ0) is 33.8. The average Bonchev–Trinajstić information content (AvgIpc) is 3.84.